The summed E-state index contributed by atoms with van der Waals surface area (Å²) in [5.41, 5.74) is 2.77. The van der Waals surface area contributed by atoms with Crippen molar-refractivity contribution in [3.05, 3.63) is 96.1 Å². The Bertz CT molecular complexity index is 1200. The molecule has 4 aromatic rings. The van der Waals surface area contributed by atoms with E-state index in [-0.39, 0.29) is 0 Å². The molecular formula is C30H32N2O2S2. The molecule has 0 saturated carbocycles. The molecule has 6 rings (SSSR count). The summed E-state index contributed by atoms with van der Waals surface area (Å²) in [6.45, 7) is 4.94. The van der Waals surface area contributed by atoms with Gasteiger partial charge in [-0.15, -0.1) is 0 Å². The van der Waals surface area contributed by atoms with Crippen molar-refractivity contribution in [3.8, 4) is 0 Å². The van der Waals surface area contributed by atoms with Gasteiger partial charge in [-0.1, -0.05) is 107 Å². The van der Waals surface area contributed by atoms with Crippen molar-refractivity contribution in [2.24, 2.45) is 0 Å². The van der Waals surface area contributed by atoms with Gasteiger partial charge in [0, 0.05) is 36.7 Å². The Balaban J connectivity index is 1.01. The summed E-state index contributed by atoms with van der Waals surface area (Å²) in [6.07, 6.45) is 0. The van der Waals surface area contributed by atoms with Gasteiger partial charge in [-0.05, 0) is 32.7 Å². The first-order valence-corrected chi connectivity index (χ1v) is 15.2. The topological polar surface area (TPSA) is 24.9 Å². The summed E-state index contributed by atoms with van der Waals surface area (Å²) in [5, 5.41) is 5.31. The highest BCUT2D eigenvalue weighted by molar-refractivity contribution is 8.76. The Morgan fingerprint density at radius 1 is 0.583 bits per heavy atom. The summed E-state index contributed by atoms with van der Waals surface area (Å²) < 4.78 is 11.8. The molecule has 2 aliphatic rings. The van der Waals surface area contributed by atoms with Crippen LogP contribution in [-0.4, -0.2) is 60.1 Å². The number of hydrogen-bond acceptors (Lipinski definition) is 6. The van der Waals surface area contributed by atoms with Gasteiger partial charge in [-0.2, -0.15) is 0 Å². The molecule has 36 heavy (non-hydrogen) atoms. The lowest BCUT2D eigenvalue weighted by Crippen LogP contribution is -2.33. The quantitative estimate of drug-likeness (QED) is 0.189. The molecule has 2 heterocycles. The molecule has 0 N–H and O–H groups in total. The zero-order chi connectivity index (χ0) is 24.2. The van der Waals surface area contributed by atoms with E-state index in [1.165, 1.54) is 32.7 Å². The van der Waals surface area contributed by atoms with Gasteiger partial charge in [0.25, 0.3) is 0 Å². The van der Waals surface area contributed by atoms with E-state index < -0.39 is 0 Å². The van der Waals surface area contributed by atoms with Gasteiger partial charge in [-0.25, -0.2) is 0 Å². The van der Waals surface area contributed by atoms with Crippen LogP contribution in [0.2, 0.25) is 0 Å². The van der Waals surface area contributed by atoms with E-state index in [1.54, 1.807) is 0 Å². The molecule has 0 spiro atoms. The number of hydrogen-bond donors (Lipinski definition) is 0. The SMILES string of the molecule is c1ccc2c(CN3COC[C@@H]3CSSC[C@H]3COCN3Cc3cccc4ccccc34)cccc2c1. The highest BCUT2D eigenvalue weighted by atomic mass is 33.1. The Kier molecular flexibility index (Phi) is 7.79. The fourth-order valence-corrected chi connectivity index (χ4v) is 7.88. The minimum absolute atomic E-state index is 0.452. The fraction of sp³-hybridized carbons (Fsp3) is 0.333. The van der Waals surface area contributed by atoms with Crippen molar-refractivity contribution < 1.29 is 9.47 Å². The van der Waals surface area contributed by atoms with Crippen LogP contribution in [0.15, 0.2) is 84.9 Å². The average Bonchev–Trinajstić information content (AvgIpc) is 3.56. The van der Waals surface area contributed by atoms with Crippen LogP contribution in [0.4, 0.5) is 0 Å². The van der Waals surface area contributed by atoms with Gasteiger partial charge in [-0.3, -0.25) is 9.80 Å². The molecule has 2 aliphatic heterocycles. The highest BCUT2D eigenvalue weighted by Crippen LogP contribution is 2.31. The number of ether oxygens (including phenoxy) is 2. The zero-order valence-corrected chi connectivity index (χ0v) is 22.1. The molecule has 6 heteroatoms. The molecule has 2 atom stereocenters. The standard InChI is InChI=1S/C30H32N2O2S2/c1-3-13-29-23(7-1)9-5-11-25(29)15-31-21-33-17-27(31)19-35-36-20-28-18-34-22-32(28)16-26-12-6-10-24-8-2-4-14-30(24)26/h1-14,27-28H,15-22H2/t27-,28-/m1/s1. The van der Waals surface area contributed by atoms with E-state index in [0.29, 0.717) is 25.5 Å². The van der Waals surface area contributed by atoms with Crippen LogP contribution in [0, 0.1) is 0 Å². The Morgan fingerprint density at radius 3 is 1.53 bits per heavy atom. The summed E-state index contributed by atoms with van der Waals surface area (Å²) in [6, 6.07) is 31.5. The van der Waals surface area contributed by atoms with E-state index >= 15 is 0 Å². The van der Waals surface area contributed by atoms with E-state index in [2.05, 4.69) is 94.7 Å². The molecule has 186 valence electrons. The van der Waals surface area contributed by atoms with Crippen LogP contribution in [0.1, 0.15) is 11.1 Å². The Hall–Kier alpha value is -2.06. The smallest absolute Gasteiger partial charge is 0.0997 e. The monoisotopic (exact) mass is 516 g/mol. The molecule has 0 aliphatic carbocycles. The van der Waals surface area contributed by atoms with Gasteiger partial charge < -0.3 is 9.47 Å². The van der Waals surface area contributed by atoms with E-state index in [0.717, 1.165) is 37.8 Å². The minimum Gasteiger partial charge on any atom is -0.364 e. The molecule has 2 saturated heterocycles. The van der Waals surface area contributed by atoms with Crippen molar-refractivity contribution in [1.29, 1.82) is 0 Å². The maximum Gasteiger partial charge on any atom is 0.0997 e. The maximum atomic E-state index is 5.88. The van der Waals surface area contributed by atoms with Crippen molar-refractivity contribution in [2.45, 2.75) is 25.2 Å². The summed E-state index contributed by atoms with van der Waals surface area (Å²) in [5.74, 6) is 2.15. The lowest BCUT2D eigenvalue weighted by Gasteiger charge is -2.24. The van der Waals surface area contributed by atoms with Crippen LogP contribution < -0.4 is 0 Å². The van der Waals surface area contributed by atoms with Crippen LogP contribution >= 0.6 is 21.6 Å². The minimum atomic E-state index is 0.452. The molecule has 2 fully saturated rings. The van der Waals surface area contributed by atoms with Crippen LogP contribution in [0.3, 0.4) is 0 Å². The van der Waals surface area contributed by atoms with Crippen LogP contribution in [0.25, 0.3) is 21.5 Å². The van der Waals surface area contributed by atoms with Gasteiger partial charge >= 0.3 is 0 Å². The predicted octanol–water partition coefficient (Wildman–Crippen LogP) is 6.39. The summed E-state index contributed by atoms with van der Waals surface area (Å²) in [4.78, 5) is 4.97. The second kappa shape index (κ2) is 11.5. The van der Waals surface area contributed by atoms with Gasteiger partial charge in [0.1, 0.15) is 0 Å². The molecule has 4 nitrogen and oxygen atoms in total. The summed E-state index contributed by atoms with van der Waals surface area (Å²) in [7, 11) is 3.96. The second-order valence-electron chi connectivity index (χ2n) is 9.65. The number of benzene rings is 4. The first kappa shape index (κ1) is 24.3. The highest BCUT2D eigenvalue weighted by Gasteiger charge is 2.28. The van der Waals surface area contributed by atoms with E-state index in [1.807, 2.05) is 21.6 Å². The second-order valence-corrected chi connectivity index (χ2v) is 12.2. The van der Waals surface area contributed by atoms with Gasteiger partial charge in [0.15, 0.2) is 0 Å². The van der Waals surface area contributed by atoms with Gasteiger partial charge in [0.2, 0.25) is 0 Å². The van der Waals surface area contributed by atoms with Crippen molar-refractivity contribution in [3.63, 3.8) is 0 Å². The van der Waals surface area contributed by atoms with Crippen LogP contribution in [-0.2, 0) is 22.6 Å². The third-order valence-corrected chi connectivity index (χ3v) is 9.80. The Labute approximate surface area is 221 Å². The van der Waals surface area contributed by atoms with Gasteiger partial charge in [0.05, 0.1) is 26.7 Å². The molecule has 0 amide bonds. The predicted molar refractivity (Wildman–Crippen MR) is 153 cm³/mol. The molecular weight excluding hydrogens is 484 g/mol. The molecule has 0 bridgehead atoms. The van der Waals surface area contributed by atoms with E-state index in [4.69, 9.17) is 9.47 Å². The van der Waals surface area contributed by atoms with Crippen molar-refractivity contribution >= 4 is 43.1 Å². The van der Waals surface area contributed by atoms with Crippen molar-refractivity contribution in [1.82, 2.24) is 9.80 Å². The normalized spacial score (nSPS) is 21.1. The summed E-state index contributed by atoms with van der Waals surface area (Å²) >= 11 is 0. The van der Waals surface area contributed by atoms with E-state index in [9.17, 15) is 0 Å². The lowest BCUT2D eigenvalue weighted by atomic mass is 10.0. The number of rotatable bonds is 9. The lowest BCUT2D eigenvalue weighted by molar-refractivity contribution is 0.135. The molecule has 0 radical (unpaired) electrons. The zero-order valence-electron chi connectivity index (χ0n) is 20.4. The molecule has 4 aromatic carbocycles. The average molecular weight is 517 g/mol. The maximum absolute atomic E-state index is 5.88. The fourth-order valence-electron chi connectivity index (χ4n) is 5.24. The van der Waals surface area contributed by atoms with Crippen molar-refractivity contribution in [2.75, 3.05) is 38.2 Å². The number of nitrogens with zero attached hydrogens (tertiary/aromatic N) is 2. The largest absolute Gasteiger partial charge is 0.364 e. The third-order valence-electron chi connectivity index (χ3n) is 7.28. The number of fused-ring (bicyclic) bond motifs is 2. The first-order valence-electron chi connectivity index (χ1n) is 12.7. The first-order chi connectivity index (χ1) is 17.8. The van der Waals surface area contributed by atoms with Crippen LogP contribution in [0.5, 0.6) is 0 Å². The molecule has 0 unspecified atom stereocenters. The Morgan fingerprint density at radius 2 is 1.03 bits per heavy atom. The third kappa shape index (κ3) is 5.44. The molecule has 0 aromatic heterocycles.